The molecule has 0 unspecified atom stereocenters. The summed E-state index contributed by atoms with van der Waals surface area (Å²) in [6.45, 7) is 3.83. The maximum Gasteiger partial charge on any atom is 0.336 e. The lowest BCUT2D eigenvalue weighted by Crippen LogP contribution is -2.34. The van der Waals surface area contributed by atoms with Crippen LogP contribution in [0.4, 0.5) is 0 Å². The van der Waals surface area contributed by atoms with E-state index in [1.165, 1.54) is 14.2 Å². The molecule has 2 aliphatic rings. The highest BCUT2D eigenvalue weighted by Crippen LogP contribution is 2.49. The largest absolute Gasteiger partial charge is 0.493 e. The second-order valence-electron chi connectivity index (χ2n) is 6.91. The Labute approximate surface area is 170 Å². The van der Waals surface area contributed by atoms with Crippen molar-refractivity contribution in [1.29, 1.82) is 0 Å². The third-order valence-corrected chi connectivity index (χ3v) is 5.32. The van der Waals surface area contributed by atoms with Crippen molar-refractivity contribution in [3.05, 3.63) is 40.2 Å². The third kappa shape index (κ3) is 3.57. The molecule has 3 rings (SSSR count). The van der Waals surface area contributed by atoms with Crippen molar-refractivity contribution in [3.8, 4) is 17.2 Å². The highest BCUT2D eigenvalue weighted by Gasteiger charge is 2.41. The van der Waals surface area contributed by atoms with Gasteiger partial charge in [0.25, 0.3) is 0 Å². The number of Topliss-reactive ketones (excluding diaryl/α,β-unsaturated/α-hetero) is 1. The number of hydrogen-bond acceptors (Lipinski definition) is 7. The molecular weight excluding hydrogens is 374 g/mol. The minimum absolute atomic E-state index is 0.0230. The molecule has 1 aromatic rings. The Hall–Kier alpha value is -2.96. The van der Waals surface area contributed by atoms with Crippen LogP contribution in [0.5, 0.6) is 17.2 Å². The minimum Gasteiger partial charge on any atom is -0.493 e. The fraction of sp³-hybridized carbons (Fsp3) is 0.455. The van der Waals surface area contributed by atoms with Crippen LogP contribution < -0.4 is 19.5 Å². The van der Waals surface area contributed by atoms with Crippen LogP contribution in [0.1, 0.15) is 44.6 Å². The summed E-state index contributed by atoms with van der Waals surface area (Å²) in [5.41, 5.74) is 3.20. The summed E-state index contributed by atoms with van der Waals surface area (Å²) in [5, 5.41) is 3.27. The van der Waals surface area contributed by atoms with E-state index in [2.05, 4.69) is 5.32 Å². The van der Waals surface area contributed by atoms with E-state index in [1.54, 1.807) is 20.1 Å². The molecular formula is C22H27NO6. The van der Waals surface area contributed by atoms with Crippen LogP contribution in [0.2, 0.25) is 0 Å². The van der Waals surface area contributed by atoms with Gasteiger partial charge in [-0.1, -0.05) is 6.07 Å². The van der Waals surface area contributed by atoms with Crippen molar-refractivity contribution in [2.45, 2.75) is 39.0 Å². The van der Waals surface area contributed by atoms with Crippen molar-refractivity contribution in [3.63, 3.8) is 0 Å². The van der Waals surface area contributed by atoms with Crippen LogP contribution in [0, 0.1) is 0 Å². The van der Waals surface area contributed by atoms with Crippen molar-refractivity contribution in [2.24, 2.45) is 0 Å². The molecule has 156 valence electrons. The van der Waals surface area contributed by atoms with Crippen LogP contribution in [0.15, 0.2) is 34.7 Å². The second-order valence-corrected chi connectivity index (χ2v) is 6.91. The van der Waals surface area contributed by atoms with Gasteiger partial charge in [-0.25, -0.2) is 4.79 Å². The summed E-state index contributed by atoms with van der Waals surface area (Å²) in [5.74, 6) is 0.312. The summed E-state index contributed by atoms with van der Waals surface area (Å²) in [7, 11) is 4.59. The first-order valence-corrected chi connectivity index (χ1v) is 9.68. The number of esters is 1. The zero-order valence-corrected chi connectivity index (χ0v) is 17.5. The van der Waals surface area contributed by atoms with Crippen LogP contribution in [-0.4, -0.2) is 39.7 Å². The molecule has 0 spiro atoms. The lowest BCUT2D eigenvalue weighted by molar-refractivity contribution is -0.138. The molecule has 0 fully saturated rings. The van der Waals surface area contributed by atoms with E-state index < -0.39 is 11.9 Å². The minimum atomic E-state index is -0.604. The number of allylic oxidation sites excluding steroid dienone is 3. The molecule has 1 aromatic carbocycles. The molecule has 1 N–H and O–H groups in total. The van der Waals surface area contributed by atoms with Crippen molar-refractivity contribution < 1.29 is 28.5 Å². The number of ketones is 1. The Bertz CT molecular complexity index is 899. The van der Waals surface area contributed by atoms with E-state index >= 15 is 0 Å². The summed E-state index contributed by atoms with van der Waals surface area (Å²) < 4.78 is 21.9. The number of carbonyl (C=O) groups excluding carboxylic acids is 2. The number of hydrogen-bond donors (Lipinski definition) is 1. The molecule has 0 aromatic heterocycles. The van der Waals surface area contributed by atoms with Crippen LogP contribution in [0.25, 0.3) is 0 Å². The van der Waals surface area contributed by atoms with Gasteiger partial charge >= 0.3 is 5.97 Å². The normalized spacial score (nSPS) is 18.8. The second kappa shape index (κ2) is 8.59. The number of dihydropyridines is 1. The molecule has 1 heterocycles. The van der Waals surface area contributed by atoms with Crippen LogP contribution in [0.3, 0.4) is 0 Å². The fourth-order valence-electron chi connectivity index (χ4n) is 4.13. The molecule has 29 heavy (non-hydrogen) atoms. The van der Waals surface area contributed by atoms with Gasteiger partial charge in [0.1, 0.15) is 0 Å². The average molecular weight is 401 g/mol. The molecule has 0 saturated heterocycles. The predicted octanol–water partition coefficient (Wildman–Crippen LogP) is 3.24. The molecule has 7 nitrogen and oxygen atoms in total. The molecule has 1 atom stereocenters. The Morgan fingerprint density at radius 2 is 1.83 bits per heavy atom. The van der Waals surface area contributed by atoms with E-state index in [0.29, 0.717) is 46.1 Å². The first kappa shape index (κ1) is 20.8. The maximum absolute atomic E-state index is 13.0. The standard InChI is InChI=1S/C22H27NO6/c1-6-29-22(25)17-12(2)23-14-8-7-9-15(24)19(14)18(17)13-10-11-16(26-3)21(28-5)20(13)27-4/h10-11,18,23H,6-9H2,1-5H3/t18-/m0/s1. The molecule has 1 aliphatic heterocycles. The Morgan fingerprint density at radius 3 is 2.45 bits per heavy atom. The lowest BCUT2D eigenvalue weighted by atomic mass is 9.75. The van der Waals surface area contributed by atoms with E-state index in [4.69, 9.17) is 18.9 Å². The zero-order chi connectivity index (χ0) is 21.1. The number of nitrogens with one attached hydrogen (secondary N) is 1. The summed E-state index contributed by atoms with van der Waals surface area (Å²) in [6, 6.07) is 3.57. The molecule has 0 saturated carbocycles. The number of ether oxygens (including phenoxy) is 4. The van der Waals surface area contributed by atoms with Gasteiger partial charge in [-0.05, 0) is 32.8 Å². The van der Waals surface area contributed by atoms with E-state index in [0.717, 1.165) is 18.5 Å². The van der Waals surface area contributed by atoms with Gasteiger partial charge in [-0.3, -0.25) is 4.79 Å². The van der Waals surface area contributed by atoms with Crippen LogP contribution in [-0.2, 0) is 14.3 Å². The number of rotatable bonds is 6. The molecule has 0 bridgehead atoms. The molecule has 7 heteroatoms. The molecule has 0 radical (unpaired) electrons. The van der Waals surface area contributed by atoms with Crippen molar-refractivity contribution in [2.75, 3.05) is 27.9 Å². The predicted molar refractivity (Wildman–Crippen MR) is 107 cm³/mol. The summed E-state index contributed by atoms with van der Waals surface area (Å²) >= 11 is 0. The van der Waals surface area contributed by atoms with Crippen LogP contribution >= 0.6 is 0 Å². The van der Waals surface area contributed by atoms with Gasteiger partial charge in [0.15, 0.2) is 17.3 Å². The first-order chi connectivity index (χ1) is 14.0. The first-order valence-electron chi connectivity index (χ1n) is 9.68. The van der Waals surface area contributed by atoms with Gasteiger partial charge < -0.3 is 24.3 Å². The number of methoxy groups -OCH3 is 3. The van der Waals surface area contributed by atoms with E-state index in [-0.39, 0.29) is 12.4 Å². The topological polar surface area (TPSA) is 83.1 Å². The number of carbonyl (C=O) groups is 2. The molecule has 1 aliphatic carbocycles. The third-order valence-electron chi connectivity index (χ3n) is 5.32. The average Bonchev–Trinajstić information content (AvgIpc) is 2.71. The summed E-state index contributed by atoms with van der Waals surface area (Å²) in [6.07, 6.45) is 1.98. The SMILES string of the molecule is CCOC(=O)C1=C(C)NC2=C(C(=O)CCC2)[C@H]1c1ccc(OC)c(OC)c1OC. The van der Waals surface area contributed by atoms with Gasteiger partial charge in [-0.15, -0.1) is 0 Å². The fourth-order valence-corrected chi connectivity index (χ4v) is 4.13. The van der Waals surface area contributed by atoms with Crippen molar-refractivity contribution >= 4 is 11.8 Å². The van der Waals surface area contributed by atoms with Crippen molar-refractivity contribution in [1.82, 2.24) is 5.32 Å². The Morgan fingerprint density at radius 1 is 1.10 bits per heavy atom. The Balaban J connectivity index is 2.28. The van der Waals surface area contributed by atoms with E-state index in [9.17, 15) is 9.59 Å². The zero-order valence-electron chi connectivity index (χ0n) is 17.5. The highest BCUT2D eigenvalue weighted by molar-refractivity contribution is 6.04. The monoisotopic (exact) mass is 401 g/mol. The number of benzene rings is 1. The quantitative estimate of drug-likeness (QED) is 0.733. The van der Waals surface area contributed by atoms with Gasteiger partial charge in [0.05, 0.1) is 39.4 Å². The molecule has 0 amide bonds. The van der Waals surface area contributed by atoms with Gasteiger partial charge in [-0.2, -0.15) is 0 Å². The maximum atomic E-state index is 13.0. The smallest absolute Gasteiger partial charge is 0.336 e. The van der Waals surface area contributed by atoms with Gasteiger partial charge in [0, 0.05) is 29.0 Å². The van der Waals surface area contributed by atoms with Gasteiger partial charge in [0.2, 0.25) is 5.75 Å². The Kier molecular flexibility index (Phi) is 6.15. The summed E-state index contributed by atoms with van der Waals surface area (Å²) in [4.78, 5) is 25.9. The highest BCUT2D eigenvalue weighted by atomic mass is 16.5. The van der Waals surface area contributed by atoms with E-state index in [1.807, 2.05) is 13.0 Å². The lowest BCUT2D eigenvalue weighted by Gasteiger charge is -2.34.